The molecule has 1 amide bonds. The molecule has 2 heterocycles. The monoisotopic (exact) mass is 332 g/mol. The standard InChI is InChI=1S/C15H20N6OS/c1-23-11-10-20-6-8-21(9-7-20)15(22)13-5-3-2-4-12(13)14-16-18-19-17-14/h2-5H,6-11H2,1H3,(H,16,17,18,19). The van der Waals surface area contributed by atoms with Crippen LogP contribution in [0, 0.1) is 0 Å². The van der Waals surface area contributed by atoms with Crippen LogP contribution in [0.5, 0.6) is 0 Å². The smallest absolute Gasteiger partial charge is 0.254 e. The second-order valence-electron chi connectivity index (χ2n) is 5.41. The van der Waals surface area contributed by atoms with Gasteiger partial charge in [0.05, 0.1) is 5.56 Å². The van der Waals surface area contributed by atoms with Gasteiger partial charge in [-0.2, -0.15) is 17.0 Å². The fourth-order valence-corrected chi connectivity index (χ4v) is 3.15. The zero-order valence-electron chi connectivity index (χ0n) is 13.1. The van der Waals surface area contributed by atoms with Crippen molar-refractivity contribution in [2.45, 2.75) is 0 Å². The molecule has 0 radical (unpaired) electrons. The van der Waals surface area contributed by atoms with Gasteiger partial charge >= 0.3 is 0 Å². The molecule has 0 bridgehead atoms. The predicted octanol–water partition coefficient (Wildman–Crippen LogP) is 0.988. The number of piperazine rings is 1. The third-order valence-corrected chi connectivity index (χ3v) is 4.61. The van der Waals surface area contributed by atoms with Gasteiger partial charge in [0.1, 0.15) is 0 Å². The highest BCUT2D eigenvalue weighted by molar-refractivity contribution is 7.98. The second-order valence-corrected chi connectivity index (χ2v) is 6.39. The lowest BCUT2D eigenvalue weighted by atomic mass is 10.1. The van der Waals surface area contributed by atoms with Crippen molar-refractivity contribution >= 4 is 17.7 Å². The Morgan fingerprint density at radius 3 is 2.74 bits per heavy atom. The fourth-order valence-electron chi connectivity index (χ4n) is 2.71. The molecular weight excluding hydrogens is 312 g/mol. The molecule has 2 aromatic rings. The van der Waals surface area contributed by atoms with E-state index in [2.05, 4.69) is 31.8 Å². The summed E-state index contributed by atoms with van der Waals surface area (Å²) in [6, 6.07) is 7.43. The molecule has 122 valence electrons. The molecule has 0 spiro atoms. The molecule has 1 aromatic carbocycles. The van der Waals surface area contributed by atoms with Crippen LogP contribution in [-0.4, -0.2) is 81.1 Å². The highest BCUT2D eigenvalue weighted by Crippen LogP contribution is 2.21. The number of hydrogen-bond donors (Lipinski definition) is 1. The first-order valence-electron chi connectivity index (χ1n) is 7.63. The van der Waals surface area contributed by atoms with E-state index >= 15 is 0 Å². The molecule has 8 heteroatoms. The zero-order chi connectivity index (χ0) is 16.1. The van der Waals surface area contributed by atoms with Crippen LogP contribution < -0.4 is 0 Å². The fraction of sp³-hybridized carbons (Fsp3) is 0.467. The molecule has 1 fully saturated rings. The van der Waals surface area contributed by atoms with Gasteiger partial charge in [0.15, 0.2) is 0 Å². The van der Waals surface area contributed by atoms with Gasteiger partial charge in [-0.15, -0.1) is 10.2 Å². The number of H-pyrrole nitrogens is 1. The molecular formula is C15H20N6OS. The molecule has 1 aliphatic rings. The van der Waals surface area contributed by atoms with E-state index in [0.717, 1.165) is 44.0 Å². The molecule has 0 atom stereocenters. The van der Waals surface area contributed by atoms with Crippen LogP contribution >= 0.6 is 11.8 Å². The maximum absolute atomic E-state index is 12.9. The quantitative estimate of drug-likeness (QED) is 0.880. The van der Waals surface area contributed by atoms with Crippen molar-refractivity contribution < 1.29 is 4.79 Å². The van der Waals surface area contributed by atoms with Gasteiger partial charge in [0.25, 0.3) is 5.91 Å². The van der Waals surface area contributed by atoms with Gasteiger partial charge in [0.2, 0.25) is 5.82 Å². The SMILES string of the molecule is CSCCN1CCN(C(=O)c2ccccc2-c2nn[nH]n2)CC1. The highest BCUT2D eigenvalue weighted by atomic mass is 32.2. The molecule has 7 nitrogen and oxygen atoms in total. The van der Waals surface area contributed by atoms with E-state index in [9.17, 15) is 4.79 Å². The number of carbonyl (C=O) groups is 1. The van der Waals surface area contributed by atoms with Gasteiger partial charge in [0, 0.05) is 44.0 Å². The van der Waals surface area contributed by atoms with Crippen molar-refractivity contribution in [3.8, 4) is 11.4 Å². The summed E-state index contributed by atoms with van der Waals surface area (Å²) in [7, 11) is 0. The normalized spacial score (nSPS) is 15.8. The summed E-state index contributed by atoms with van der Waals surface area (Å²) in [6.45, 7) is 4.46. The van der Waals surface area contributed by atoms with E-state index < -0.39 is 0 Å². The first-order valence-corrected chi connectivity index (χ1v) is 9.02. The molecule has 3 rings (SSSR count). The van der Waals surface area contributed by atoms with Crippen molar-refractivity contribution in [3.63, 3.8) is 0 Å². The molecule has 1 N–H and O–H groups in total. The van der Waals surface area contributed by atoms with Crippen LogP contribution in [0.1, 0.15) is 10.4 Å². The highest BCUT2D eigenvalue weighted by Gasteiger charge is 2.24. The molecule has 1 saturated heterocycles. The van der Waals surface area contributed by atoms with Crippen molar-refractivity contribution in [1.82, 2.24) is 30.4 Å². The van der Waals surface area contributed by atoms with E-state index in [1.165, 1.54) is 0 Å². The number of hydrogen-bond acceptors (Lipinski definition) is 6. The largest absolute Gasteiger partial charge is 0.336 e. The topological polar surface area (TPSA) is 78.0 Å². The molecule has 0 unspecified atom stereocenters. The summed E-state index contributed by atoms with van der Waals surface area (Å²) in [5.74, 6) is 1.62. The number of aromatic nitrogens is 4. The number of carbonyl (C=O) groups excluding carboxylic acids is 1. The van der Waals surface area contributed by atoms with E-state index in [0.29, 0.717) is 11.4 Å². The van der Waals surface area contributed by atoms with E-state index in [4.69, 9.17) is 0 Å². The summed E-state index contributed by atoms with van der Waals surface area (Å²) in [5, 5.41) is 14.0. The van der Waals surface area contributed by atoms with Gasteiger partial charge < -0.3 is 4.90 Å². The number of amides is 1. The second kappa shape index (κ2) is 7.56. The lowest BCUT2D eigenvalue weighted by Crippen LogP contribution is -2.49. The van der Waals surface area contributed by atoms with Crippen LogP contribution in [0.25, 0.3) is 11.4 Å². The maximum Gasteiger partial charge on any atom is 0.254 e. The zero-order valence-corrected chi connectivity index (χ0v) is 13.9. The Bertz CT molecular complexity index is 639. The van der Waals surface area contributed by atoms with Gasteiger partial charge in [-0.25, -0.2) is 0 Å². The van der Waals surface area contributed by atoms with Gasteiger partial charge in [-0.3, -0.25) is 9.69 Å². The summed E-state index contributed by atoms with van der Waals surface area (Å²) in [5.41, 5.74) is 1.35. The molecule has 1 aromatic heterocycles. The van der Waals surface area contributed by atoms with Crippen molar-refractivity contribution in [2.75, 3.05) is 44.7 Å². The summed E-state index contributed by atoms with van der Waals surface area (Å²) < 4.78 is 0. The van der Waals surface area contributed by atoms with Crippen LogP contribution in [0.3, 0.4) is 0 Å². The Hall–Kier alpha value is -1.93. The van der Waals surface area contributed by atoms with Crippen LogP contribution in [0.15, 0.2) is 24.3 Å². The van der Waals surface area contributed by atoms with Crippen LogP contribution in [0.4, 0.5) is 0 Å². The lowest BCUT2D eigenvalue weighted by molar-refractivity contribution is 0.0645. The minimum Gasteiger partial charge on any atom is -0.336 e. The lowest BCUT2D eigenvalue weighted by Gasteiger charge is -2.34. The maximum atomic E-state index is 12.9. The van der Waals surface area contributed by atoms with Crippen molar-refractivity contribution in [2.24, 2.45) is 0 Å². The van der Waals surface area contributed by atoms with Gasteiger partial charge in [-0.05, 0) is 17.5 Å². The first kappa shape index (κ1) is 15.9. The number of nitrogens with zero attached hydrogens (tertiary/aromatic N) is 5. The summed E-state index contributed by atoms with van der Waals surface area (Å²) in [6.07, 6.45) is 2.12. The molecule has 0 saturated carbocycles. The van der Waals surface area contributed by atoms with Crippen LogP contribution in [-0.2, 0) is 0 Å². The molecule has 0 aliphatic carbocycles. The van der Waals surface area contributed by atoms with E-state index in [1.807, 2.05) is 40.9 Å². The summed E-state index contributed by atoms with van der Waals surface area (Å²) in [4.78, 5) is 17.2. The Morgan fingerprint density at radius 2 is 2.04 bits per heavy atom. The Labute approximate surface area is 139 Å². The number of nitrogens with one attached hydrogen (secondary N) is 1. The van der Waals surface area contributed by atoms with E-state index in [1.54, 1.807) is 0 Å². The number of tetrazole rings is 1. The van der Waals surface area contributed by atoms with Gasteiger partial charge in [-0.1, -0.05) is 18.2 Å². The van der Waals surface area contributed by atoms with Crippen molar-refractivity contribution in [3.05, 3.63) is 29.8 Å². The minimum absolute atomic E-state index is 0.0370. The number of aromatic amines is 1. The third kappa shape index (κ3) is 3.70. The Morgan fingerprint density at radius 1 is 1.26 bits per heavy atom. The Balaban J connectivity index is 1.70. The third-order valence-electron chi connectivity index (χ3n) is 4.01. The Kier molecular flexibility index (Phi) is 5.24. The number of thioether (sulfide) groups is 1. The average molecular weight is 332 g/mol. The van der Waals surface area contributed by atoms with Crippen molar-refractivity contribution in [1.29, 1.82) is 0 Å². The van der Waals surface area contributed by atoms with Crippen LogP contribution in [0.2, 0.25) is 0 Å². The summed E-state index contributed by atoms with van der Waals surface area (Å²) >= 11 is 1.85. The average Bonchev–Trinajstić information content (AvgIpc) is 3.14. The first-order chi connectivity index (χ1) is 11.3. The molecule has 23 heavy (non-hydrogen) atoms. The molecule has 1 aliphatic heterocycles. The number of benzene rings is 1. The number of rotatable bonds is 5. The van der Waals surface area contributed by atoms with E-state index in [-0.39, 0.29) is 5.91 Å². The predicted molar refractivity (Wildman–Crippen MR) is 90.3 cm³/mol. The minimum atomic E-state index is 0.0370.